The third kappa shape index (κ3) is 3.91. The molecule has 8 heteroatoms. The number of pyridine rings is 1. The van der Waals surface area contributed by atoms with E-state index in [0.29, 0.717) is 17.6 Å². The molecule has 2 rings (SSSR count). The van der Waals surface area contributed by atoms with Gasteiger partial charge in [0.05, 0.1) is 24.2 Å². The Bertz CT molecular complexity index is 795. The monoisotopic (exact) mass is 328 g/mol. The van der Waals surface area contributed by atoms with E-state index in [2.05, 4.69) is 9.71 Å². The van der Waals surface area contributed by atoms with Gasteiger partial charge in [0, 0.05) is 17.7 Å². The molecule has 0 fully saturated rings. The fourth-order valence-electron chi connectivity index (χ4n) is 1.81. The maximum Gasteiger partial charge on any atom is 0.237 e. The molecule has 0 bridgehead atoms. The summed E-state index contributed by atoms with van der Waals surface area (Å²) in [5, 5.41) is 0. The number of benzene rings is 1. The summed E-state index contributed by atoms with van der Waals surface area (Å²) in [6, 6.07) is 5.76. The van der Waals surface area contributed by atoms with Gasteiger partial charge in [0.25, 0.3) is 0 Å². The highest BCUT2D eigenvalue weighted by molar-refractivity contribution is 7.91. The van der Waals surface area contributed by atoms with Crippen molar-refractivity contribution in [1.29, 1.82) is 0 Å². The minimum Gasteiger partial charge on any atom is -0.481 e. The van der Waals surface area contributed by atoms with E-state index >= 15 is 0 Å². The van der Waals surface area contributed by atoms with Gasteiger partial charge in [0.15, 0.2) is 0 Å². The molecule has 1 aromatic carbocycles. The molecule has 0 atom stereocenters. The summed E-state index contributed by atoms with van der Waals surface area (Å²) in [5.74, 6) is -1.92. The van der Waals surface area contributed by atoms with Crippen LogP contribution in [0, 0.1) is 18.6 Å². The zero-order valence-electron chi connectivity index (χ0n) is 11.9. The second-order valence-corrected chi connectivity index (χ2v) is 6.31. The molecule has 1 N–H and O–H groups in total. The molecule has 0 amide bonds. The number of nitrogens with one attached hydrogen (secondary N) is 1. The molecule has 118 valence electrons. The molecule has 2 aromatic rings. The number of anilines is 1. The smallest absolute Gasteiger partial charge is 0.237 e. The standard InChI is InChI=1S/C14H14F2N2O3S/c1-9-13(5-6-14(17-9)21-2)18-22(19,20)8-10-3-4-11(15)7-12(10)16/h3-7,18H,8H2,1-2H3. The molecule has 0 saturated heterocycles. The maximum absolute atomic E-state index is 13.5. The number of nitrogens with zero attached hydrogens (tertiary/aromatic N) is 1. The van der Waals surface area contributed by atoms with Gasteiger partial charge in [-0.05, 0) is 19.1 Å². The number of methoxy groups -OCH3 is 1. The second kappa shape index (κ2) is 6.27. The van der Waals surface area contributed by atoms with E-state index in [9.17, 15) is 17.2 Å². The van der Waals surface area contributed by atoms with Gasteiger partial charge in [-0.25, -0.2) is 22.2 Å². The SMILES string of the molecule is COc1ccc(NS(=O)(=O)Cc2ccc(F)cc2F)c(C)n1. The molecule has 0 radical (unpaired) electrons. The molecule has 0 aliphatic heterocycles. The average molecular weight is 328 g/mol. The van der Waals surface area contributed by atoms with Crippen molar-refractivity contribution in [3.05, 3.63) is 53.2 Å². The molecule has 0 unspecified atom stereocenters. The van der Waals surface area contributed by atoms with Gasteiger partial charge in [-0.15, -0.1) is 0 Å². The van der Waals surface area contributed by atoms with Gasteiger partial charge in [-0.2, -0.15) is 0 Å². The molecule has 1 heterocycles. The van der Waals surface area contributed by atoms with Gasteiger partial charge >= 0.3 is 0 Å². The summed E-state index contributed by atoms with van der Waals surface area (Å²) in [5.41, 5.74) is 0.568. The first kappa shape index (κ1) is 16.2. The normalized spacial score (nSPS) is 11.3. The van der Waals surface area contributed by atoms with E-state index in [-0.39, 0.29) is 11.3 Å². The lowest BCUT2D eigenvalue weighted by atomic mass is 10.2. The number of hydrogen-bond acceptors (Lipinski definition) is 4. The van der Waals surface area contributed by atoms with Crippen LogP contribution in [0.4, 0.5) is 14.5 Å². The van der Waals surface area contributed by atoms with Crippen LogP contribution < -0.4 is 9.46 Å². The van der Waals surface area contributed by atoms with Crippen molar-refractivity contribution >= 4 is 15.7 Å². The Labute approximate surface area is 127 Å². The quantitative estimate of drug-likeness (QED) is 0.916. The fourth-order valence-corrected chi connectivity index (χ4v) is 3.07. The molecule has 0 saturated carbocycles. The first-order chi connectivity index (χ1) is 10.3. The lowest BCUT2D eigenvalue weighted by molar-refractivity contribution is 0.397. The van der Waals surface area contributed by atoms with E-state index < -0.39 is 27.4 Å². The highest BCUT2D eigenvalue weighted by Crippen LogP contribution is 2.20. The molecule has 1 aromatic heterocycles. The van der Waals surface area contributed by atoms with Crippen molar-refractivity contribution in [2.45, 2.75) is 12.7 Å². The van der Waals surface area contributed by atoms with Crippen molar-refractivity contribution in [2.24, 2.45) is 0 Å². The van der Waals surface area contributed by atoms with Gasteiger partial charge in [-0.3, -0.25) is 4.72 Å². The first-order valence-electron chi connectivity index (χ1n) is 6.27. The van der Waals surface area contributed by atoms with Gasteiger partial charge < -0.3 is 4.74 Å². The Kier molecular flexibility index (Phi) is 4.60. The van der Waals surface area contributed by atoms with Crippen molar-refractivity contribution in [3.63, 3.8) is 0 Å². The zero-order chi connectivity index (χ0) is 16.3. The molecule has 22 heavy (non-hydrogen) atoms. The summed E-state index contributed by atoms with van der Waals surface area (Å²) >= 11 is 0. The number of aromatic nitrogens is 1. The van der Waals surface area contributed by atoms with Crippen molar-refractivity contribution in [3.8, 4) is 5.88 Å². The molecular formula is C14H14F2N2O3S. The summed E-state index contributed by atoms with van der Waals surface area (Å²) < 4.78 is 57.8. The predicted molar refractivity (Wildman–Crippen MR) is 78.1 cm³/mol. The van der Waals surface area contributed by atoms with Crippen LogP contribution in [-0.4, -0.2) is 20.5 Å². The summed E-state index contributed by atoms with van der Waals surface area (Å²) in [6.45, 7) is 1.61. The van der Waals surface area contributed by atoms with E-state index in [1.54, 1.807) is 6.92 Å². The topological polar surface area (TPSA) is 68.3 Å². The molecule has 0 aliphatic rings. The van der Waals surface area contributed by atoms with Crippen LogP contribution in [0.25, 0.3) is 0 Å². The Balaban J connectivity index is 2.21. The Morgan fingerprint density at radius 1 is 1.23 bits per heavy atom. The summed E-state index contributed by atoms with van der Waals surface area (Å²) in [4.78, 5) is 4.04. The highest BCUT2D eigenvalue weighted by Gasteiger charge is 2.17. The van der Waals surface area contributed by atoms with E-state index in [1.165, 1.54) is 19.2 Å². The van der Waals surface area contributed by atoms with Crippen molar-refractivity contribution < 1.29 is 21.9 Å². The molecule has 0 spiro atoms. The van der Waals surface area contributed by atoms with Gasteiger partial charge in [0.2, 0.25) is 15.9 Å². The minimum atomic E-state index is -3.86. The second-order valence-electron chi connectivity index (χ2n) is 4.58. The van der Waals surface area contributed by atoms with Crippen LogP contribution in [0.3, 0.4) is 0 Å². The lowest BCUT2D eigenvalue weighted by Gasteiger charge is -2.11. The minimum absolute atomic E-state index is 0.118. The first-order valence-corrected chi connectivity index (χ1v) is 7.92. The third-order valence-electron chi connectivity index (χ3n) is 2.90. The van der Waals surface area contributed by atoms with Gasteiger partial charge in [0.1, 0.15) is 11.6 Å². The number of ether oxygens (including phenoxy) is 1. The number of sulfonamides is 1. The fraction of sp³-hybridized carbons (Fsp3) is 0.214. The Morgan fingerprint density at radius 2 is 1.95 bits per heavy atom. The van der Waals surface area contributed by atoms with Gasteiger partial charge in [-0.1, -0.05) is 6.07 Å². The van der Waals surface area contributed by atoms with Crippen LogP contribution >= 0.6 is 0 Å². The Hall–Kier alpha value is -2.22. The van der Waals surface area contributed by atoms with Crippen LogP contribution in [0.15, 0.2) is 30.3 Å². The molecular weight excluding hydrogens is 314 g/mol. The van der Waals surface area contributed by atoms with Crippen LogP contribution in [0.2, 0.25) is 0 Å². The number of aryl methyl sites for hydroxylation is 1. The zero-order valence-corrected chi connectivity index (χ0v) is 12.7. The predicted octanol–water partition coefficient (Wildman–Crippen LogP) is 2.62. The van der Waals surface area contributed by atoms with Crippen LogP contribution in [-0.2, 0) is 15.8 Å². The highest BCUT2D eigenvalue weighted by atomic mass is 32.2. The van der Waals surface area contributed by atoms with E-state index in [4.69, 9.17) is 4.74 Å². The Morgan fingerprint density at radius 3 is 2.55 bits per heavy atom. The number of halogens is 2. The average Bonchev–Trinajstić information content (AvgIpc) is 2.44. The lowest BCUT2D eigenvalue weighted by Crippen LogP contribution is -2.17. The molecule has 5 nitrogen and oxygen atoms in total. The maximum atomic E-state index is 13.5. The van der Waals surface area contributed by atoms with E-state index in [0.717, 1.165) is 12.1 Å². The number of rotatable bonds is 5. The largest absolute Gasteiger partial charge is 0.481 e. The van der Waals surface area contributed by atoms with Crippen molar-refractivity contribution in [2.75, 3.05) is 11.8 Å². The summed E-state index contributed by atoms with van der Waals surface area (Å²) in [6.07, 6.45) is 0. The van der Waals surface area contributed by atoms with Crippen molar-refractivity contribution in [1.82, 2.24) is 4.98 Å². The van der Waals surface area contributed by atoms with E-state index in [1.807, 2.05) is 0 Å². The summed E-state index contributed by atoms with van der Waals surface area (Å²) in [7, 11) is -2.41. The number of hydrogen-bond donors (Lipinski definition) is 1. The molecule has 0 aliphatic carbocycles. The van der Waals surface area contributed by atoms with Crippen LogP contribution in [0.1, 0.15) is 11.3 Å². The van der Waals surface area contributed by atoms with Crippen LogP contribution in [0.5, 0.6) is 5.88 Å². The third-order valence-corrected chi connectivity index (χ3v) is 4.12.